The number of aryl methyl sites for hydroxylation is 1. The van der Waals surface area contributed by atoms with Crippen molar-refractivity contribution in [1.82, 2.24) is 24.2 Å². The van der Waals surface area contributed by atoms with E-state index < -0.39 is 0 Å². The smallest absolute Gasteiger partial charge is 0.266 e. The highest BCUT2D eigenvalue weighted by Crippen LogP contribution is 2.45. The molecule has 134 valence electrons. The molecule has 1 saturated heterocycles. The first-order valence-corrected chi connectivity index (χ1v) is 9.72. The number of nitrogens with one attached hydrogen (secondary N) is 1. The molecule has 1 amide bonds. The Morgan fingerprint density at radius 3 is 2.96 bits per heavy atom. The molecule has 8 heteroatoms. The van der Waals surface area contributed by atoms with E-state index in [0.29, 0.717) is 0 Å². The molecule has 7 nitrogen and oxygen atoms in total. The van der Waals surface area contributed by atoms with Crippen LogP contribution in [0, 0.1) is 6.92 Å². The summed E-state index contributed by atoms with van der Waals surface area (Å²) in [6, 6.07) is 3.93. The summed E-state index contributed by atoms with van der Waals surface area (Å²) < 4.78 is 4.28. The van der Waals surface area contributed by atoms with E-state index in [-0.39, 0.29) is 11.4 Å². The van der Waals surface area contributed by atoms with Crippen LogP contribution < -0.4 is 4.90 Å². The van der Waals surface area contributed by atoms with Gasteiger partial charge in [0.2, 0.25) is 0 Å². The second-order valence-corrected chi connectivity index (χ2v) is 8.03. The summed E-state index contributed by atoms with van der Waals surface area (Å²) in [5.74, 6) is 1.09. The zero-order valence-electron chi connectivity index (χ0n) is 14.6. The predicted molar refractivity (Wildman–Crippen MR) is 101 cm³/mol. The zero-order chi connectivity index (χ0) is 17.7. The lowest BCUT2D eigenvalue weighted by atomic mass is 10.2. The fourth-order valence-electron chi connectivity index (χ4n) is 3.95. The van der Waals surface area contributed by atoms with E-state index in [2.05, 4.69) is 29.1 Å². The van der Waals surface area contributed by atoms with Crippen LogP contribution >= 0.6 is 11.5 Å². The van der Waals surface area contributed by atoms with Gasteiger partial charge in [-0.05, 0) is 49.9 Å². The first-order valence-electron chi connectivity index (χ1n) is 8.95. The quantitative estimate of drug-likeness (QED) is 0.752. The Morgan fingerprint density at radius 1 is 1.31 bits per heavy atom. The second kappa shape index (κ2) is 5.77. The maximum Gasteiger partial charge on any atom is 0.266 e. The maximum absolute atomic E-state index is 13.1. The second-order valence-electron chi connectivity index (χ2n) is 7.23. The SMILES string of the molecule is Cc1cc(C(=O)N2CCCN(c3ncnc4[nH]ccc34)CC23CC3)sn1. The van der Waals surface area contributed by atoms with Gasteiger partial charge in [0.1, 0.15) is 22.7 Å². The molecule has 5 rings (SSSR count). The predicted octanol–water partition coefficient (Wildman–Crippen LogP) is 2.61. The lowest BCUT2D eigenvalue weighted by Crippen LogP contribution is -2.46. The minimum atomic E-state index is -0.0704. The third-order valence-corrected chi connectivity index (χ3v) is 6.28. The summed E-state index contributed by atoms with van der Waals surface area (Å²) in [5, 5.41) is 1.04. The van der Waals surface area contributed by atoms with E-state index in [1.807, 2.05) is 25.3 Å². The topological polar surface area (TPSA) is 78.0 Å². The van der Waals surface area contributed by atoms with Gasteiger partial charge in [-0.1, -0.05) is 0 Å². The highest BCUT2D eigenvalue weighted by Gasteiger charge is 2.52. The van der Waals surface area contributed by atoms with Crippen LogP contribution in [0.3, 0.4) is 0 Å². The fourth-order valence-corrected chi connectivity index (χ4v) is 4.66. The number of carbonyl (C=O) groups excluding carboxylic acids is 1. The van der Waals surface area contributed by atoms with Crippen molar-refractivity contribution in [2.75, 3.05) is 24.5 Å². The van der Waals surface area contributed by atoms with Crippen molar-refractivity contribution >= 4 is 34.3 Å². The lowest BCUT2D eigenvalue weighted by Gasteiger charge is -2.32. The van der Waals surface area contributed by atoms with E-state index >= 15 is 0 Å². The molecule has 0 aromatic carbocycles. The number of hydrogen-bond acceptors (Lipinski definition) is 6. The Morgan fingerprint density at radius 2 is 2.19 bits per heavy atom. The highest BCUT2D eigenvalue weighted by atomic mass is 32.1. The van der Waals surface area contributed by atoms with Gasteiger partial charge in [-0.25, -0.2) is 9.97 Å². The summed E-state index contributed by atoms with van der Waals surface area (Å²) >= 11 is 1.31. The molecule has 3 aromatic heterocycles. The van der Waals surface area contributed by atoms with Gasteiger partial charge < -0.3 is 14.8 Å². The number of amides is 1. The van der Waals surface area contributed by atoms with Crippen LogP contribution in [0.2, 0.25) is 0 Å². The minimum Gasteiger partial charge on any atom is -0.354 e. The Balaban J connectivity index is 1.46. The van der Waals surface area contributed by atoms with E-state index in [1.165, 1.54) is 11.5 Å². The van der Waals surface area contributed by atoms with Crippen molar-refractivity contribution < 1.29 is 4.79 Å². The molecule has 1 aliphatic heterocycles. The van der Waals surface area contributed by atoms with Gasteiger partial charge in [0.25, 0.3) is 5.91 Å². The van der Waals surface area contributed by atoms with Crippen molar-refractivity contribution in [1.29, 1.82) is 0 Å². The number of carbonyl (C=O) groups is 1. The van der Waals surface area contributed by atoms with Crippen LogP contribution in [-0.2, 0) is 0 Å². The first-order chi connectivity index (χ1) is 12.7. The Kier molecular flexibility index (Phi) is 3.49. The van der Waals surface area contributed by atoms with Gasteiger partial charge in [0.15, 0.2) is 0 Å². The van der Waals surface area contributed by atoms with E-state index in [4.69, 9.17) is 0 Å². The molecule has 0 radical (unpaired) electrons. The van der Waals surface area contributed by atoms with Crippen molar-refractivity contribution in [3.8, 4) is 0 Å². The van der Waals surface area contributed by atoms with E-state index in [1.54, 1.807) is 6.33 Å². The molecule has 2 fully saturated rings. The summed E-state index contributed by atoms with van der Waals surface area (Å²) in [6.45, 7) is 4.44. The van der Waals surface area contributed by atoms with Crippen LogP contribution in [0.4, 0.5) is 5.82 Å². The largest absolute Gasteiger partial charge is 0.354 e. The molecule has 1 N–H and O–H groups in total. The summed E-state index contributed by atoms with van der Waals surface area (Å²) in [4.78, 5) is 30.3. The van der Waals surface area contributed by atoms with Crippen molar-refractivity contribution in [3.63, 3.8) is 0 Å². The average molecular weight is 368 g/mol. The van der Waals surface area contributed by atoms with Crippen LogP contribution in [-0.4, -0.2) is 55.3 Å². The number of aromatic nitrogens is 4. The molecule has 0 atom stereocenters. The van der Waals surface area contributed by atoms with Gasteiger partial charge in [-0.2, -0.15) is 4.37 Å². The number of rotatable bonds is 2. The molecule has 26 heavy (non-hydrogen) atoms. The molecule has 2 aliphatic rings. The third-order valence-electron chi connectivity index (χ3n) is 5.41. The number of anilines is 1. The Hall–Kier alpha value is -2.48. The zero-order valence-corrected chi connectivity index (χ0v) is 15.4. The van der Waals surface area contributed by atoms with Crippen molar-refractivity contribution in [3.05, 3.63) is 35.2 Å². The first kappa shape index (κ1) is 15.7. The molecule has 1 aliphatic carbocycles. The normalized spacial score (nSPS) is 19.1. The number of nitrogens with zero attached hydrogens (tertiary/aromatic N) is 5. The third kappa shape index (κ3) is 2.47. The Labute approximate surface area is 155 Å². The average Bonchev–Trinajstić information content (AvgIpc) is 3.09. The van der Waals surface area contributed by atoms with Crippen LogP contribution in [0.5, 0.6) is 0 Å². The maximum atomic E-state index is 13.1. The molecule has 1 spiro atoms. The molecule has 0 unspecified atom stereocenters. The van der Waals surface area contributed by atoms with Gasteiger partial charge in [-0.15, -0.1) is 0 Å². The van der Waals surface area contributed by atoms with E-state index in [9.17, 15) is 4.79 Å². The molecular weight excluding hydrogens is 348 g/mol. The van der Waals surface area contributed by atoms with Crippen LogP contribution in [0.1, 0.15) is 34.6 Å². The number of hydrogen-bond donors (Lipinski definition) is 1. The van der Waals surface area contributed by atoms with Crippen LogP contribution in [0.25, 0.3) is 11.0 Å². The number of aromatic amines is 1. The fraction of sp³-hybridized carbons (Fsp3) is 0.444. The molecule has 0 bridgehead atoms. The highest BCUT2D eigenvalue weighted by molar-refractivity contribution is 7.08. The molecular formula is C18H20N6OS. The summed E-state index contributed by atoms with van der Waals surface area (Å²) in [7, 11) is 0. The summed E-state index contributed by atoms with van der Waals surface area (Å²) in [5.41, 5.74) is 1.70. The minimum absolute atomic E-state index is 0.0704. The van der Waals surface area contributed by atoms with Gasteiger partial charge >= 0.3 is 0 Å². The monoisotopic (exact) mass is 368 g/mol. The summed E-state index contributed by atoms with van der Waals surface area (Å²) in [6.07, 6.45) is 6.54. The number of H-pyrrole nitrogens is 1. The standard InChI is InChI=1S/C18H20N6OS/c1-12-9-14(26-22-12)17(25)24-8-2-7-23(10-18(24)4-5-18)16-13-3-6-19-15(13)20-11-21-16/h3,6,9,11H,2,4-5,7-8,10H2,1H3,(H,19,20,21). The van der Waals surface area contributed by atoms with E-state index in [0.717, 1.165) is 66.3 Å². The van der Waals surface area contributed by atoms with Gasteiger partial charge in [0, 0.05) is 25.8 Å². The molecule has 4 heterocycles. The molecule has 3 aromatic rings. The molecule has 1 saturated carbocycles. The van der Waals surface area contributed by atoms with Crippen LogP contribution in [0.15, 0.2) is 24.7 Å². The number of fused-ring (bicyclic) bond motifs is 1. The van der Waals surface area contributed by atoms with Gasteiger partial charge in [-0.3, -0.25) is 4.79 Å². The van der Waals surface area contributed by atoms with Crippen molar-refractivity contribution in [2.45, 2.75) is 31.7 Å². The van der Waals surface area contributed by atoms with Gasteiger partial charge in [0.05, 0.1) is 16.6 Å². The lowest BCUT2D eigenvalue weighted by molar-refractivity contribution is 0.0674. The Bertz CT molecular complexity index is 975. The van der Waals surface area contributed by atoms with Crippen molar-refractivity contribution in [2.24, 2.45) is 0 Å².